The number of thioether (sulfide) groups is 1. The highest BCUT2D eigenvalue weighted by Crippen LogP contribution is 2.33. The second kappa shape index (κ2) is 4.37. The third-order valence-corrected chi connectivity index (χ3v) is 4.63. The monoisotopic (exact) mass is 276 g/mol. The minimum atomic E-state index is 0.822. The number of rotatable bonds is 1. The fourth-order valence-electron chi connectivity index (χ4n) is 1.68. The van der Waals surface area contributed by atoms with Crippen molar-refractivity contribution in [3.63, 3.8) is 0 Å². The van der Waals surface area contributed by atoms with Crippen LogP contribution in [-0.2, 0) is 0 Å². The molecule has 0 bridgehead atoms. The zero-order valence-electron chi connectivity index (χ0n) is 10.3. The number of thiophene rings is 1. The molecule has 3 heterocycles. The number of hydrogen-bond donors (Lipinski definition) is 0. The Bertz CT molecular complexity index is 663. The Labute approximate surface area is 113 Å². The van der Waals surface area contributed by atoms with Crippen molar-refractivity contribution in [1.82, 2.24) is 14.9 Å². The van der Waals surface area contributed by atoms with E-state index in [4.69, 9.17) is 0 Å². The second-order valence-corrected chi connectivity index (χ2v) is 6.41. The molecule has 3 rings (SSSR count). The lowest BCUT2D eigenvalue weighted by Crippen LogP contribution is -2.07. The number of allylic oxidation sites excluding steroid dienone is 1. The van der Waals surface area contributed by atoms with Crippen LogP contribution < -0.4 is 0 Å². The molecule has 0 saturated heterocycles. The number of hydrogen-bond acceptors (Lipinski definition) is 5. The molecule has 92 valence electrons. The van der Waals surface area contributed by atoms with Crippen LogP contribution in [0.4, 0.5) is 0 Å². The smallest absolute Gasteiger partial charge is 0.191 e. The minimum Gasteiger partial charge on any atom is -0.191 e. The van der Waals surface area contributed by atoms with E-state index in [2.05, 4.69) is 40.4 Å². The first kappa shape index (κ1) is 11.7. The number of aromatic nitrogens is 3. The average molecular weight is 276 g/mol. The summed E-state index contributed by atoms with van der Waals surface area (Å²) in [6, 6.07) is 4.26. The van der Waals surface area contributed by atoms with E-state index < -0.39 is 0 Å². The highest BCUT2D eigenvalue weighted by atomic mass is 32.2. The predicted molar refractivity (Wildman–Crippen MR) is 76.2 cm³/mol. The first-order valence-corrected chi connectivity index (χ1v) is 7.21. The first-order valence-electron chi connectivity index (χ1n) is 5.57. The molecule has 1 aliphatic heterocycles. The van der Waals surface area contributed by atoms with Crippen LogP contribution in [0.25, 0.3) is 6.08 Å². The normalized spacial score (nSPS) is 16.8. The Morgan fingerprint density at radius 3 is 2.72 bits per heavy atom. The molecule has 0 aliphatic carbocycles. The van der Waals surface area contributed by atoms with Gasteiger partial charge in [0.15, 0.2) is 5.82 Å². The predicted octanol–water partition coefficient (Wildman–Crippen LogP) is 3.33. The van der Waals surface area contributed by atoms with Crippen LogP contribution >= 0.6 is 23.1 Å². The molecule has 0 atom stereocenters. The summed E-state index contributed by atoms with van der Waals surface area (Å²) >= 11 is 3.40. The molecule has 0 radical (unpaired) electrons. The lowest BCUT2D eigenvalue weighted by atomic mass is 10.3. The highest BCUT2D eigenvalue weighted by molar-refractivity contribution is 8.04. The van der Waals surface area contributed by atoms with Gasteiger partial charge >= 0.3 is 0 Å². The van der Waals surface area contributed by atoms with Crippen LogP contribution in [0.1, 0.15) is 22.5 Å². The molecule has 2 aromatic rings. The van der Waals surface area contributed by atoms with Crippen LogP contribution in [0, 0.1) is 13.8 Å². The molecule has 0 spiro atoms. The van der Waals surface area contributed by atoms with Gasteiger partial charge in [-0.05, 0) is 50.7 Å². The molecule has 0 unspecified atom stereocenters. The summed E-state index contributed by atoms with van der Waals surface area (Å²) in [4.78, 5) is 3.70. The van der Waals surface area contributed by atoms with Crippen molar-refractivity contribution >= 4 is 34.9 Å². The van der Waals surface area contributed by atoms with Crippen molar-refractivity contribution in [2.45, 2.75) is 25.9 Å². The quantitative estimate of drug-likeness (QED) is 0.802. The summed E-state index contributed by atoms with van der Waals surface area (Å²) in [7, 11) is 0. The van der Waals surface area contributed by atoms with Gasteiger partial charge in [-0.25, -0.2) is 0 Å². The Kier molecular flexibility index (Phi) is 2.83. The van der Waals surface area contributed by atoms with Gasteiger partial charge in [0.05, 0.1) is 5.71 Å². The number of aryl methyl sites for hydroxylation is 2. The standard InChI is InChI=1S/C12H12N4S2/c1-7-4-5-10(17-7)6-11-8(2)15-16-9(3)13-14-12(16)18-11/h4-6H,1-3H3. The molecule has 18 heavy (non-hydrogen) atoms. The van der Waals surface area contributed by atoms with Gasteiger partial charge in [0.1, 0.15) is 0 Å². The van der Waals surface area contributed by atoms with E-state index in [-0.39, 0.29) is 0 Å². The summed E-state index contributed by atoms with van der Waals surface area (Å²) in [5, 5.41) is 13.5. The molecule has 4 nitrogen and oxygen atoms in total. The van der Waals surface area contributed by atoms with Crippen molar-refractivity contribution in [3.05, 3.63) is 32.6 Å². The maximum absolute atomic E-state index is 4.51. The Balaban J connectivity index is 2.00. The van der Waals surface area contributed by atoms with Crippen molar-refractivity contribution in [1.29, 1.82) is 0 Å². The van der Waals surface area contributed by atoms with E-state index in [1.54, 1.807) is 27.8 Å². The third-order valence-electron chi connectivity index (χ3n) is 2.61. The average Bonchev–Trinajstić information content (AvgIpc) is 2.88. The molecule has 1 aliphatic rings. The summed E-state index contributed by atoms with van der Waals surface area (Å²) in [5.41, 5.74) is 1.00. The van der Waals surface area contributed by atoms with Gasteiger partial charge in [-0.1, -0.05) is 0 Å². The van der Waals surface area contributed by atoms with Gasteiger partial charge in [-0.2, -0.15) is 9.78 Å². The van der Waals surface area contributed by atoms with Gasteiger partial charge in [-0.15, -0.1) is 21.5 Å². The molecule has 0 fully saturated rings. The van der Waals surface area contributed by atoms with Crippen LogP contribution in [0.5, 0.6) is 0 Å². The van der Waals surface area contributed by atoms with E-state index in [1.807, 2.05) is 13.8 Å². The molecule has 0 saturated carbocycles. The maximum atomic E-state index is 4.51. The maximum Gasteiger partial charge on any atom is 0.216 e. The summed E-state index contributed by atoms with van der Waals surface area (Å²) < 4.78 is 1.79. The topological polar surface area (TPSA) is 43.1 Å². The van der Waals surface area contributed by atoms with Crippen molar-refractivity contribution < 1.29 is 0 Å². The zero-order chi connectivity index (χ0) is 12.7. The van der Waals surface area contributed by atoms with Gasteiger partial charge in [0, 0.05) is 14.7 Å². The van der Waals surface area contributed by atoms with Crippen molar-refractivity contribution in [2.75, 3.05) is 0 Å². The van der Waals surface area contributed by atoms with Gasteiger partial charge in [0.25, 0.3) is 0 Å². The molecular formula is C12H12N4S2. The van der Waals surface area contributed by atoms with Gasteiger partial charge in [-0.3, -0.25) is 0 Å². The fourth-order valence-corrected chi connectivity index (χ4v) is 3.49. The zero-order valence-corrected chi connectivity index (χ0v) is 12.0. The molecule has 6 heteroatoms. The fraction of sp³-hybridized carbons (Fsp3) is 0.250. The molecule has 0 aromatic carbocycles. The third kappa shape index (κ3) is 2.02. The van der Waals surface area contributed by atoms with Crippen LogP contribution in [0.15, 0.2) is 27.3 Å². The SMILES string of the molecule is CC1=Nn2c(C)nnc2SC1=Cc1ccc(C)s1. The Morgan fingerprint density at radius 2 is 2.00 bits per heavy atom. The van der Waals surface area contributed by atoms with Gasteiger partial charge < -0.3 is 0 Å². The van der Waals surface area contributed by atoms with Crippen molar-refractivity contribution in [2.24, 2.45) is 5.10 Å². The van der Waals surface area contributed by atoms with E-state index in [0.717, 1.165) is 21.6 Å². The van der Waals surface area contributed by atoms with E-state index >= 15 is 0 Å². The minimum absolute atomic E-state index is 0.822. The van der Waals surface area contributed by atoms with E-state index in [1.165, 1.54) is 9.75 Å². The van der Waals surface area contributed by atoms with E-state index in [0.29, 0.717) is 0 Å². The first-order chi connectivity index (χ1) is 8.63. The Hall–Kier alpha value is -1.40. The molecule has 2 aromatic heterocycles. The summed E-state index contributed by atoms with van der Waals surface area (Å²) in [5.74, 6) is 0.822. The molecular weight excluding hydrogens is 264 g/mol. The van der Waals surface area contributed by atoms with Crippen LogP contribution in [0.3, 0.4) is 0 Å². The lowest BCUT2D eigenvalue weighted by molar-refractivity contribution is 0.737. The van der Waals surface area contributed by atoms with Crippen molar-refractivity contribution in [3.8, 4) is 0 Å². The van der Waals surface area contributed by atoms with Crippen LogP contribution in [0.2, 0.25) is 0 Å². The Morgan fingerprint density at radius 1 is 1.17 bits per heavy atom. The number of fused-ring (bicyclic) bond motifs is 1. The lowest BCUT2D eigenvalue weighted by Gasteiger charge is -2.12. The molecule has 0 N–H and O–H groups in total. The van der Waals surface area contributed by atoms with E-state index in [9.17, 15) is 0 Å². The highest BCUT2D eigenvalue weighted by Gasteiger charge is 2.19. The largest absolute Gasteiger partial charge is 0.216 e. The molecule has 0 amide bonds. The summed E-state index contributed by atoms with van der Waals surface area (Å²) in [6.07, 6.45) is 2.16. The van der Waals surface area contributed by atoms with Gasteiger partial charge in [0.2, 0.25) is 5.16 Å². The summed E-state index contributed by atoms with van der Waals surface area (Å²) in [6.45, 7) is 6.04. The second-order valence-electron chi connectivity index (χ2n) is 4.09. The van der Waals surface area contributed by atoms with Crippen LogP contribution in [-0.4, -0.2) is 20.6 Å². The number of nitrogens with zero attached hydrogens (tertiary/aromatic N) is 4.